The normalized spacial score (nSPS) is 19.2. The number of hydrogen-bond donors (Lipinski definition) is 1. The highest BCUT2D eigenvalue weighted by atomic mass is 32.2. The Labute approximate surface area is 117 Å². The number of carbonyl (C=O) groups excluding carboxylic acids is 2. The Balaban J connectivity index is 2.17. The van der Waals surface area contributed by atoms with E-state index in [1.165, 1.54) is 11.8 Å². The molecular formula is C11H12N2O4S2. The minimum atomic E-state index is -0.990. The maximum absolute atomic E-state index is 12.1. The molecule has 1 aromatic heterocycles. The van der Waals surface area contributed by atoms with E-state index in [2.05, 4.69) is 4.98 Å². The van der Waals surface area contributed by atoms with Crippen LogP contribution in [-0.2, 0) is 20.8 Å². The number of aromatic nitrogens is 1. The molecule has 6 nitrogen and oxygen atoms in total. The lowest BCUT2D eigenvalue weighted by Gasteiger charge is -2.10. The Morgan fingerprint density at radius 1 is 1.63 bits per heavy atom. The zero-order chi connectivity index (χ0) is 14.0. The van der Waals surface area contributed by atoms with E-state index in [-0.39, 0.29) is 35.0 Å². The largest absolute Gasteiger partial charge is 0.481 e. The first kappa shape index (κ1) is 14.0. The number of hydrogen-bond acceptors (Lipinski definition) is 6. The Kier molecular flexibility index (Phi) is 4.20. The summed E-state index contributed by atoms with van der Waals surface area (Å²) in [6.45, 7) is 1.93. The van der Waals surface area contributed by atoms with Gasteiger partial charge in [-0.3, -0.25) is 14.4 Å². The van der Waals surface area contributed by atoms with E-state index in [0.717, 1.165) is 22.0 Å². The number of nitrogens with zero attached hydrogens (tertiary/aromatic N) is 2. The zero-order valence-corrected chi connectivity index (χ0v) is 11.8. The second-order valence-corrected chi connectivity index (χ2v) is 6.22. The molecule has 1 fully saturated rings. The third-order valence-electron chi connectivity index (χ3n) is 2.54. The topological polar surface area (TPSA) is 87.6 Å². The maximum atomic E-state index is 12.1. The van der Waals surface area contributed by atoms with Gasteiger partial charge in [-0.1, -0.05) is 6.92 Å². The lowest BCUT2D eigenvalue weighted by Crippen LogP contribution is -2.31. The first-order chi connectivity index (χ1) is 9.02. The number of amides is 2. The van der Waals surface area contributed by atoms with Gasteiger partial charge in [0.2, 0.25) is 11.8 Å². The molecule has 102 valence electrons. The van der Waals surface area contributed by atoms with Gasteiger partial charge in [0.05, 0.1) is 17.4 Å². The second kappa shape index (κ2) is 5.70. The van der Waals surface area contributed by atoms with Gasteiger partial charge in [0.1, 0.15) is 0 Å². The fourth-order valence-corrected chi connectivity index (χ4v) is 3.53. The van der Waals surface area contributed by atoms with E-state index >= 15 is 0 Å². The Hall–Kier alpha value is -1.41. The summed E-state index contributed by atoms with van der Waals surface area (Å²) in [5.74, 6) is -0.754. The van der Waals surface area contributed by atoms with Crippen molar-refractivity contribution in [3.63, 3.8) is 0 Å². The van der Waals surface area contributed by atoms with E-state index in [9.17, 15) is 14.4 Å². The molecule has 1 aliphatic heterocycles. The van der Waals surface area contributed by atoms with Crippen molar-refractivity contribution in [3.8, 4) is 0 Å². The van der Waals surface area contributed by atoms with Crippen LogP contribution in [0.15, 0.2) is 5.38 Å². The summed E-state index contributed by atoms with van der Waals surface area (Å²) < 4.78 is 0. The number of rotatable bonds is 5. The molecule has 1 aliphatic rings. The van der Waals surface area contributed by atoms with Gasteiger partial charge in [-0.15, -0.1) is 23.1 Å². The van der Waals surface area contributed by atoms with Crippen LogP contribution in [-0.4, -0.2) is 38.9 Å². The first-order valence-electron chi connectivity index (χ1n) is 5.67. The number of carboxylic acid groups (broad SMARTS) is 1. The van der Waals surface area contributed by atoms with Crippen LogP contribution in [0.3, 0.4) is 0 Å². The maximum Gasteiger partial charge on any atom is 0.309 e. The molecule has 2 amide bonds. The van der Waals surface area contributed by atoms with Crippen molar-refractivity contribution in [3.05, 3.63) is 11.1 Å². The first-order valence-corrected chi connectivity index (χ1v) is 7.60. The molecular weight excluding hydrogens is 288 g/mol. The molecule has 1 aromatic rings. The van der Waals surface area contributed by atoms with Crippen molar-refractivity contribution < 1.29 is 19.5 Å². The van der Waals surface area contributed by atoms with Crippen LogP contribution in [0.1, 0.15) is 19.0 Å². The number of aliphatic carboxylic acids is 1. The number of thiazole rings is 1. The van der Waals surface area contributed by atoms with E-state index < -0.39 is 5.97 Å². The lowest BCUT2D eigenvalue weighted by atomic mass is 10.3. The zero-order valence-electron chi connectivity index (χ0n) is 10.2. The van der Waals surface area contributed by atoms with Crippen molar-refractivity contribution in [1.82, 2.24) is 4.98 Å². The minimum Gasteiger partial charge on any atom is -0.481 e. The van der Waals surface area contributed by atoms with Gasteiger partial charge < -0.3 is 5.11 Å². The van der Waals surface area contributed by atoms with Gasteiger partial charge >= 0.3 is 5.97 Å². The molecule has 1 atom stereocenters. The van der Waals surface area contributed by atoms with Crippen molar-refractivity contribution in [2.24, 2.45) is 0 Å². The van der Waals surface area contributed by atoms with Gasteiger partial charge in [-0.2, -0.15) is 0 Å². The monoisotopic (exact) mass is 300 g/mol. The molecule has 2 heterocycles. The standard InChI is InChI=1S/C11H12N2O4S2/c1-2-18-7-4-8(14)13(10(7)17)11-12-6(5-19-11)3-9(15)16/h5,7H,2-4H2,1H3,(H,15,16). The van der Waals surface area contributed by atoms with Crippen molar-refractivity contribution in [1.29, 1.82) is 0 Å². The molecule has 8 heteroatoms. The van der Waals surface area contributed by atoms with Gasteiger partial charge in [-0.05, 0) is 5.75 Å². The fourth-order valence-electron chi connectivity index (χ4n) is 1.77. The summed E-state index contributed by atoms with van der Waals surface area (Å²) in [6.07, 6.45) is -0.0228. The smallest absolute Gasteiger partial charge is 0.309 e. The molecule has 19 heavy (non-hydrogen) atoms. The summed E-state index contributed by atoms with van der Waals surface area (Å²) >= 11 is 2.55. The summed E-state index contributed by atoms with van der Waals surface area (Å²) in [7, 11) is 0. The summed E-state index contributed by atoms with van der Waals surface area (Å²) in [5.41, 5.74) is 0.361. The number of thioether (sulfide) groups is 1. The SMILES string of the molecule is CCSC1CC(=O)N(c2nc(CC(=O)O)cs2)C1=O. The molecule has 0 saturated carbocycles. The highest BCUT2D eigenvalue weighted by molar-refractivity contribution is 8.00. The Morgan fingerprint density at radius 3 is 3.00 bits per heavy atom. The molecule has 0 aliphatic carbocycles. The van der Waals surface area contributed by atoms with E-state index in [4.69, 9.17) is 5.11 Å². The van der Waals surface area contributed by atoms with Crippen molar-refractivity contribution in [2.45, 2.75) is 25.0 Å². The van der Waals surface area contributed by atoms with Crippen LogP contribution >= 0.6 is 23.1 Å². The van der Waals surface area contributed by atoms with Crippen LogP contribution in [0, 0.1) is 0 Å². The summed E-state index contributed by atoms with van der Waals surface area (Å²) in [6, 6.07) is 0. The summed E-state index contributed by atoms with van der Waals surface area (Å²) in [4.78, 5) is 39.6. The molecule has 1 saturated heterocycles. The van der Waals surface area contributed by atoms with E-state index in [0.29, 0.717) is 5.69 Å². The van der Waals surface area contributed by atoms with Crippen LogP contribution < -0.4 is 4.90 Å². The van der Waals surface area contributed by atoms with Crippen LogP contribution in [0.2, 0.25) is 0 Å². The van der Waals surface area contributed by atoms with Crippen LogP contribution in [0.4, 0.5) is 5.13 Å². The Bertz CT molecular complexity index is 529. The van der Waals surface area contributed by atoms with Crippen molar-refractivity contribution >= 4 is 46.0 Å². The number of imide groups is 1. The van der Waals surface area contributed by atoms with Crippen LogP contribution in [0.25, 0.3) is 0 Å². The molecule has 2 rings (SSSR count). The van der Waals surface area contributed by atoms with Gasteiger partial charge in [0.25, 0.3) is 0 Å². The van der Waals surface area contributed by atoms with Gasteiger partial charge in [-0.25, -0.2) is 9.88 Å². The third-order valence-corrected chi connectivity index (χ3v) is 4.51. The molecule has 1 unspecified atom stereocenters. The minimum absolute atomic E-state index is 0.186. The molecule has 0 radical (unpaired) electrons. The Morgan fingerprint density at radius 2 is 2.37 bits per heavy atom. The number of anilines is 1. The van der Waals surface area contributed by atoms with Gasteiger partial charge in [0, 0.05) is 11.8 Å². The predicted molar refractivity (Wildman–Crippen MR) is 72.5 cm³/mol. The number of carbonyl (C=O) groups is 3. The second-order valence-electron chi connectivity index (χ2n) is 3.91. The van der Waals surface area contributed by atoms with E-state index in [1.54, 1.807) is 5.38 Å². The molecule has 1 N–H and O–H groups in total. The average Bonchev–Trinajstić information content (AvgIpc) is 2.85. The number of carboxylic acids is 1. The average molecular weight is 300 g/mol. The van der Waals surface area contributed by atoms with Crippen LogP contribution in [0.5, 0.6) is 0 Å². The fraction of sp³-hybridized carbons (Fsp3) is 0.455. The van der Waals surface area contributed by atoms with Crippen molar-refractivity contribution in [2.75, 3.05) is 10.7 Å². The third kappa shape index (κ3) is 2.95. The summed E-state index contributed by atoms with van der Waals surface area (Å²) in [5, 5.41) is 10.2. The predicted octanol–water partition coefficient (Wildman–Crippen LogP) is 1.16. The lowest BCUT2D eigenvalue weighted by molar-refractivity contribution is -0.136. The molecule has 0 spiro atoms. The highest BCUT2D eigenvalue weighted by Gasteiger charge is 2.40. The molecule has 0 bridgehead atoms. The van der Waals surface area contributed by atoms with Gasteiger partial charge in [0.15, 0.2) is 5.13 Å². The quantitative estimate of drug-likeness (QED) is 0.821. The highest BCUT2D eigenvalue weighted by Crippen LogP contribution is 2.31. The van der Waals surface area contributed by atoms with E-state index in [1.807, 2.05) is 6.92 Å². The molecule has 0 aromatic carbocycles.